The van der Waals surface area contributed by atoms with Crippen molar-refractivity contribution in [2.24, 2.45) is 0 Å². The Morgan fingerprint density at radius 2 is 1.88 bits per heavy atom. The number of ether oxygens (including phenoxy) is 1. The van der Waals surface area contributed by atoms with Crippen LogP contribution in [0, 0.1) is 5.82 Å². The number of nitrogens with one attached hydrogen (secondary N) is 1. The van der Waals surface area contributed by atoms with E-state index in [0.29, 0.717) is 31.0 Å². The lowest BCUT2D eigenvalue weighted by Crippen LogP contribution is -2.33. The summed E-state index contributed by atoms with van der Waals surface area (Å²) in [5.41, 5.74) is 2.45. The molecule has 1 atom stereocenters. The number of likely N-dealkylation sites (N-methyl/N-ethyl adjacent to an activating group) is 1. The van der Waals surface area contributed by atoms with E-state index in [9.17, 15) is 9.18 Å². The molecular weight excluding hydrogens is 421 g/mol. The maximum Gasteiger partial charge on any atom is 0.259 e. The molecule has 0 radical (unpaired) electrons. The van der Waals surface area contributed by atoms with E-state index in [1.165, 1.54) is 18.5 Å². The Morgan fingerprint density at radius 1 is 1.12 bits per heavy atom. The number of fused-ring (bicyclic) bond motifs is 1. The van der Waals surface area contributed by atoms with Crippen molar-refractivity contribution in [3.63, 3.8) is 0 Å². The molecule has 0 saturated carbocycles. The summed E-state index contributed by atoms with van der Waals surface area (Å²) in [6.07, 6.45) is 3.61. The van der Waals surface area contributed by atoms with Gasteiger partial charge in [-0.25, -0.2) is 14.4 Å². The molecule has 4 rings (SSSR count). The second-order valence-electron chi connectivity index (χ2n) is 8.10. The Kier molecular flexibility index (Phi) is 7.14. The molecule has 0 spiro atoms. The number of halogens is 1. The molecule has 1 aliphatic heterocycles. The van der Waals surface area contributed by atoms with Crippen LogP contribution >= 0.6 is 0 Å². The van der Waals surface area contributed by atoms with E-state index in [1.807, 2.05) is 48.2 Å². The van der Waals surface area contributed by atoms with Crippen LogP contribution in [0.1, 0.15) is 34.0 Å². The molecule has 1 unspecified atom stereocenters. The average Bonchev–Trinajstić information content (AvgIpc) is 2.96. The fourth-order valence-electron chi connectivity index (χ4n) is 3.88. The maximum atomic E-state index is 13.3. The molecule has 1 aromatic heterocycles. The van der Waals surface area contributed by atoms with Crippen LogP contribution in [0.25, 0.3) is 0 Å². The lowest BCUT2D eigenvalue weighted by Gasteiger charge is -2.22. The van der Waals surface area contributed by atoms with E-state index in [1.54, 1.807) is 18.3 Å². The van der Waals surface area contributed by atoms with Gasteiger partial charge in [-0.2, -0.15) is 0 Å². The van der Waals surface area contributed by atoms with Crippen LogP contribution in [0.3, 0.4) is 0 Å². The first-order chi connectivity index (χ1) is 16.0. The van der Waals surface area contributed by atoms with E-state index in [-0.39, 0.29) is 17.8 Å². The molecule has 7 nitrogen and oxygen atoms in total. The quantitative estimate of drug-likeness (QED) is 0.568. The van der Waals surface area contributed by atoms with Crippen LogP contribution in [-0.4, -0.2) is 54.5 Å². The van der Waals surface area contributed by atoms with Gasteiger partial charge in [-0.05, 0) is 49.0 Å². The second kappa shape index (κ2) is 10.4. The first kappa shape index (κ1) is 22.7. The summed E-state index contributed by atoms with van der Waals surface area (Å²) in [4.78, 5) is 25.1. The van der Waals surface area contributed by atoms with Gasteiger partial charge in [0.2, 0.25) is 0 Å². The van der Waals surface area contributed by atoms with E-state index in [4.69, 9.17) is 4.74 Å². The fraction of sp³-hybridized carbons (Fsp3) is 0.320. The van der Waals surface area contributed by atoms with E-state index in [2.05, 4.69) is 15.3 Å². The Morgan fingerprint density at radius 3 is 2.61 bits per heavy atom. The van der Waals surface area contributed by atoms with Gasteiger partial charge < -0.3 is 19.9 Å². The van der Waals surface area contributed by atoms with Crippen LogP contribution in [-0.2, 0) is 6.54 Å². The van der Waals surface area contributed by atoms with Crippen LogP contribution in [0.2, 0.25) is 0 Å². The summed E-state index contributed by atoms with van der Waals surface area (Å²) in [6, 6.07) is 14.2. The highest BCUT2D eigenvalue weighted by atomic mass is 19.1. The van der Waals surface area contributed by atoms with E-state index < -0.39 is 0 Å². The SMILES string of the molecule is CNCCC(Oc1ccc(CN2CCN(C)c3ncncc3C2=O)cc1)c1ccc(F)cc1. The first-order valence-electron chi connectivity index (χ1n) is 11.0. The summed E-state index contributed by atoms with van der Waals surface area (Å²) in [6.45, 7) is 2.56. The number of aromatic nitrogens is 2. The van der Waals surface area contributed by atoms with E-state index in [0.717, 1.165) is 29.8 Å². The molecule has 0 aliphatic carbocycles. The molecule has 33 heavy (non-hydrogen) atoms. The molecule has 1 amide bonds. The average molecular weight is 450 g/mol. The number of nitrogens with zero attached hydrogens (tertiary/aromatic N) is 4. The standard InChI is InChI=1S/C25H28FN5O2/c1-27-12-11-23(19-5-7-20(26)8-6-19)33-21-9-3-18(4-10-21)16-31-14-13-30(2)24-22(25(31)32)15-28-17-29-24/h3-10,15,17,23,27H,11-14,16H2,1-2H3. The van der Waals surface area contributed by atoms with Crippen molar-refractivity contribution in [1.82, 2.24) is 20.2 Å². The molecule has 0 fully saturated rings. The summed E-state index contributed by atoms with van der Waals surface area (Å²) in [5.74, 6) is 1.05. The highest BCUT2D eigenvalue weighted by molar-refractivity contribution is 5.99. The molecule has 1 aliphatic rings. The van der Waals surface area contributed by atoms with Crippen molar-refractivity contribution >= 4 is 11.7 Å². The zero-order valence-corrected chi connectivity index (χ0v) is 18.9. The minimum absolute atomic E-state index is 0.0706. The minimum atomic E-state index is -0.265. The van der Waals surface area contributed by atoms with Crippen LogP contribution in [0.5, 0.6) is 5.75 Å². The molecule has 1 N–H and O–H groups in total. The predicted molar refractivity (Wildman–Crippen MR) is 125 cm³/mol. The van der Waals surface area contributed by atoms with Gasteiger partial charge in [0.05, 0.1) is 0 Å². The number of anilines is 1. The van der Waals surface area contributed by atoms with Crippen LogP contribution < -0.4 is 15.0 Å². The summed E-state index contributed by atoms with van der Waals surface area (Å²) >= 11 is 0. The van der Waals surface area contributed by atoms with Gasteiger partial charge in [-0.15, -0.1) is 0 Å². The number of carbonyl (C=O) groups excluding carboxylic acids is 1. The summed E-state index contributed by atoms with van der Waals surface area (Å²) < 4.78 is 19.6. The zero-order chi connectivity index (χ0) is 23.2. The number of amides is 1. The molecule has 2 heterocycles. The van der Waals surface area contributed by atoms with E-state index >= 15 is 0 Å². The van der Waals surface area contributed by atoms with Crippen molar-refractivity contribution in [2.45, 2.75) is 19.1 Å². The maximum absolute atomic E-state index is 13.3. The number of carbonyl (C=O) groups is 1. The Balaban J connectivity index is 1.45. The number of benzene rings is 2. The predicted octanol–water partition coefficient (Wildman–Crippen LogP) is 3.44. The number of hydrogen-bond donors (Lipinski definition) is 1. The van der Waals surface area contributed by atoms with Gasteiger partial charge in [0.25, 0.3) is 5.91 Å². The molecule has 0 bridgehead atoms. The van der Waals surface area contributed by atoms with Crippen molar-refractivity contribution in [1.29, 1.82) is 0 Å². The van der Waals surface area contributed by atoms with Crippen LogP contribution in [0.15, 0.2) is 61.1 Å². The molecule has 2 aromatic carbocycles. The van der Waals surface area contributed by atoms with Gasteiger partial charge in [0.1, 0.15) is 35.4 Å². The Labute approximate surface area is 193 Å². The van der Waals surface area contributed by atoms with Crippen LogP contribution in [0.4, 0.5) is 10.2 Å². The molecule has 172 valence electrons. The third kappa shape index (κ3) is 5.46. The second-order valence-corrected chi connectivity index (χ2v) is 8.10. The monoisotopic (exact) mass is 449 g/mol. The largest absolute Gasteiger partial charge is 0.486 e. The Hall–Kier alpha value is -3.52. The lowest BCUT2D eigenvalue weighted by atomic mass is 10.1. The van der Waals surface area contributed by atoms with Gasteiger partial charge >= 0.3 is 0 Å². The summed E-state index contributed by atoms with van der Waals surface area (Å²) in [7, 11) is 3.82. The topological polar surface area (TPSA) is 70.6 Å². The molecule has 3 aromatic rings. The van der Waals surface area contributed by atoms with Gasteiger partial charge in [0, 0.05) is 39.3 Å². The highest BCUT2D eigenvalue weighted by Gasteiger charge is 2.26. The third-order valence-corrected chi connectivity index (χ3v) is 5.75. The molecule has 8 heteroatoms. The minimum Gasteiger partial charge on any atom is -0.486 e. The normalized spacial score (nSPS) is 14.6. The van der Waals surface area contributed by atoms with Crippen molar-refractivity contribution in [3.8, 4) is 5.75 Å². The number of rotatable bonds is 8. The smallest absolute Gasteiger partial charge is 0.259 e. The third-order valence-electron chi connectivity index (χ3n) is 5.75. The van der Waals surface area contributed by atoms with Gasteiger partial charge in [-0.1, -0.05) is 24.3 Å². The zero-order valence-electron chi connectivity index (χ0n) is 18.9. The van der Waals surface area contributed by atoms with Gasteiger partial charge in [0.15, 0.2) is 0 Å². The summed E-state index contributed by atoms with van der Waals surface area (Å²) in [5, 5.41) is 3.14. The fourth-order valence-corrected chi connectivity index (χ4v) is 3.88. The first-order valence-corrected chi connectivity index (χ1v) is 11.0. The highest BCUT2D eigenvalue weighted by Crippen LogP contribution is 2.26. The van der Waals surface area contributed by atoms with Crippen molar-refractivity contribution < 1.29 is 13.9 Å². The van der Waals surface area contributed by atoms with Gasteiger partial charge in [-0.3, -0.25) is 4.79 Å². The molecular formula is C25H28FN5O2. The number of hydrogen-bond acceptors (Lipinski definition) is 6. The lowest BCUT2D eigenvalue weighted by molar-refractivity contribution is 0.0754. The molecule has 0 saturated heterocycles. The van der Waals surface area contributed by atoms with Crippen molar-refractivity contribution in [2.75, 3.05) is 38.6 Å². The van der Waals surface area contributed by atoms with Crippen molar-refractivity contribution in [3.05, 3.63) is 83.6 Å². The Bertz CT molecular complexity index is 1070.